The number of hydrogen-bond acceptors (Lipinski definition) is 3. The van der Waals surface area contributed by atoms with E-state index in [1.54, 1.807) is 0 Å². The van der Waals surface area contributed by atoms with Crippen LogP contribution in [0, 0.1) is 5.82 Å². The Labute approximate surface area is 173 Å². The SMILES string of the molecule is CC(C(N)=O)n1ccc2c(NC(=O)Cc3ccc(F)c(C(F)(F)F)c3)cccc2c1=O. The third kappa shape index (κ3) is 4.57. The lowest BCUT2D eigenvalue weighted by Crippen LogP contribution is -2.31. The normalized spacial score (nSPS) is 12.5. The van der Waals surface area contributed by atoms with E-state index in [0.717, 1.165) is 10.6 Å². The number of pyridine rings is 1. The summed E-state index contributed by atoms with van der Waals surface area (Å²) in [6.07, 6.45) is -3.95. The van der Waals surface area contributed by atoms with Crippen LogP contribution in [0.2, 0.25) is 0 Å². The maximum absolute atomic E-state index is 13.4. The molecule has 3 aromatic rings. The Morgan fingerprint density at radius 1 is 1.13 bits per heavy atom. The second-order valence-electron chi connectivity index (χ2n) is 6.91. The summed E-state index contributed by atoms with van der Waals surface area (Å²) in [4.78, 5) is 36.5. The number of carbonyl (C=O) groups is 2. The Hall–Kier alpha value is -3.69. The fourth-order valence-corrected chi connectivity index (χ4v) is 3.12. The molecular formula is C21H17F4N3O3. The van der Waals surface area contributed by atoms with Gasteiger partial charge >= 0.3 is 6.18 Å². The fraction of sp³-hybridized carbons (Fsp3) is 0.190. The lowest BCUT2D eigenvalue weighted by atomic mass is 10.1. The Morgan fingerprint density at radius 3 is 2.48 bits per heavy atom. The summed E-state index contributed by atoms with van der Waals surface area (Å²) in [6, 6.07) is 7.52. The van der Waals surface area contributed by atoms with Crippen LogP contribution in [0.25, 0.3) is 10.8 Å². The first-order valence-corrected chi connectivity index (χ1v) is 9.07. The highest BCUT2D eigenvalue weighted by Crippen LogP contribution is 2.32. The number of primary amides is 1. The van der Waals surface area contributed by atoms with Gasteiger partial charge in [0.2, 0.25) is 11.8 Å². The van der Waals surface area contributed by atoms with Gasteiger partial charge in [-0.2, -0.15) is 13.2 Å². The molecule has 0 saturated carbocycles. The molecule has 1 atom stereocenters. The van der Waals surface area contributed by atoms with Gasteiger partial charge in [-0.25, -0.2) is 4.39 Å². The van der Waals surface area contributed by atoms with Crippen LogP contribution in [0.3, 0.4) is 0 Å². The van der Waals surface area contributed by atoms with Crippen LogP contribution in [-0.2, 0) is 22.2 Å². The van der Waals surface area contributed by atoms with Gasteiger partial charge in [-0.3, -0.25) is 14.4 Å². The molecule has 2 aromatic carbocycles. The van der Waals surface area contributed by atoms with Crippen molar-refractivity contribution in [2.75, 3.05) is 5.32 Å². The highest BCUT2D eigenvalue weighted by atomic mass is 19.4. The second kappa shape index (κ2) is 8.21. The largest absolute Gasteiger partial charge is 0.419 e. The number of amides is 2. The van der Waals surface area contributed by atoms with Gasteiger partial charge in [0.25, 0.3) is 5.56 Å². The van der Waals surface area contributed by atoms with Crippen molar-refractivity contribution in [2.24, 2.45) is 5.73 Å². The van der Waals surface area contributed by atoms with Crippen LogP contribution in [0.1, 0.15) is 24.1 Å². The number of hydrogen-bond donors (Lipinski definition) is 2. The number of benzene rings is 2. The smallest absolute Gasteiger partial charge is 0.368 e. The second-order valence-corrected chi connectivity index (χ2v) is 6.91. The van der Waals surface area contributed by atoms with Crippen molar-refractivity contribution in [1.29, 1.82) is 0 Å². The molecule has 0 spiro atoms. The van der Waals surface area contributed by atoms with Gasteiger partial charge in [0, 0.05) is 22.7 Å². The Balaban J connectivity index is 1.89. The maximum atomic E-state index is 13.4. The quantitative estimate of drug-likeness (QED) is 0.602. The van der Waals surface area contributed by atoms with E-state index in [1.807, 2.05) is 0 Å². The van der Waals surface area contributed by atoms with E-state index in [0.29, 0.717) is 17.5 Å². The Bertz CT molecular complexity index is 1230. The van der Waals surface area contributed by atoms with Crippen molar-refractivity contribution in [1.82, 2.24) is 4.57 Å². The van der Waals surface area contributed by atoms with Gasteiger partial charge in [-0.05, 0) is 42.8 Å². The molecule has 1 unspecified atom stereocenters. The van der Waals surface area contributed by atoms with Crippen molar-refractivity contribution >= 4 is 28.3 Å². The molecule has 0 aliphatic heterocycles. The molecule has 0 aliphatic carbocycles. The zero-order chi connectivity index (χ0) is 22.9. The number of halogens is 4. The van der Waals surface area contributed by atoms with Gasteiger partial charge in [-0.15, -0.1) is 0 Å². The number of aromatic nitrogens is 1. The van der Waals surface area contributed by atoms with Crippen molar-refractivity contribution in [3.05, 3.63) is 76.0 Å². The maximum Gasteiger partial charge on any atom is 0.419 e. The van der Waals surface area contributed by atoms with Gasteiger partial charge in [0.15, 0.2) is 0 Å². The molecule has 0 saturated heterocycles. The van der Waals surface area contributed by atoms with Crippen LogP contribution in [0.15, 0.2) is 53.5 Å². The standard InChI is InChI=1S/C21H17F4N3O3/c1-11(19(26)30)28-8-7-13-14(20(28)31)3-2-4-17(13)27-18(29)10-12-5-6-16(22)15(9-12)21(23,24)25/h2-9,11H,10H2,1H3,(H2,26,30)(H,27,29). The van der Waals surface area contributed by atoms with Crippen LogP contribution in [0.4, 0.5) is 23.2 Å². The zero-order valence-corrected chi connectivity index (χ0v) is 16.2. The summed E-state index contributed by atoms with van der Waals surface area (Å²) in [7, 11) is 0. The minimum atomic E-state index is -4.88. The van der Waals surface area contributed by atoms with Crippen LogP contribution >= 0.6 is 0 Å². The fourth-order valence-electron chi connectivity index (χ4n) is 3.12. The minimum absolute atomic E-state index is 0.0240. The Morgan fingerprint density at radius 2 is 1.84 bits per heavy atom. The topological polar surface area (TPSA) is 94.2 Å². The lowest BCUT2D eigenvalue weighted by molar-refractivity contribution is -0.140. The van der Waals surface area contributed by atoms with Crippen LogP contribution in [-0.4, -0.2) is 16.4 Å². The van der Waals surface area contributed by atoms with Gasteiger partial charge in [0.05, 0.1) is 12.0 Å². The summed E-state index contributed by atoms with van der Waals surface area (Å²) >= 11 is 0. The first kappa shape index (κ1) is 22.0. The summed E-state index contributed by atoms with van der Waals surface area (Å²) in [5.74, 6) is -2.77. The van der Waals surface area contributed by atoms with Gasteiger partial charge < -0.3 is 15.6 Å². The summed E-state index contributed by atoms with van der Waals surface area (Å²) in [5.41, 5.74) is 3.54. The molecule has 31 heavy (non-hydrogen) atoms. The molecule has 1 aromatic heterocycles. The number of nitrogens with two attached hydrogens (primary N) is 1. The highest BCUT2D eigenvalue weighted by Gasteiger charge is 2.34. The molecule has 0 aliphatic rings. The highest BCUT2D eigenvalue weighted by molar-refractivity contribution is 6.02. The first-order chi connectivity index (χ1) is 14.5. The Kier molecular flexibility index (Phi) is 5.83. The number of alkyl halides is 3. The molecule has 0 fully saturated rings. The lowest BCUT2D eigenvalue weighted by Gasteiger charge is -2.14. The number of rotatable bonds is 5. The van der Waals surface area contributed by atoms with E-state index in [9.17, 15) is 31.9 Å². The predicted octanol–water partition coefficient (Wildman–Crippen LogP) is 3.39. The van der Waals surface area contributed by atoms with Crippen LogP contribution < -0.4 is 16.6 Å². The molecule has 6 nitrogen and oxygen atoms in total. The molecule has 1 heterocycles. The summed E-state index contributed by atoms with van der Waals surface area (Å²) in [6.45, 7) is 1.47. The third-order valence-electron chi connectivity index (χ3n) is 4.78. The average Bonchev–Trinajstić information content (AvgIpc) is 2.69. The number of fused-ring (bicyclic) bond motifs is 1. The van der Waals surface area contributed by atoms with Crippen molar-refractivity contribution < 1.29 is 27.2 Å². The van der Waals surface area contributed by atoms with E-state index in [2.05, 4.69) is 5.32 Å². The molecule has 3 rings (SSSR count). The summed E-state index contributed by atoms with van der Waals surface area (Å²) < 4.78 is 53.2. The van der Waals surface area contributed by atoms with E-state index in [1.165, 1.54) is 37.4 Å². The van der Waals surface area contributed by atoms with E-state index < -0.39 is 47.4 Å². The average molecular weight is 435 g/mol. The van der Waals surface area contributed by atoms with E-state index in [-0.39, 0.29) is 16.6 Å². The number of carbonyl (C=O) groups excluding carboxylic acids is 2. The van der Waals surface area contributed by atoms with Crippen molar-refractivity contribution in [2.45, 2.75) is 25.6 Å². The molecule has 3 N–H and O–H groups in total. The number of nitrogens with one attached hydrogen (secondary N) is 1. The van der Waals surface area contributed by atoms with Gasteiger partial charge in [0.1, 0.15) is 11.9 Å². The number of nitrogens with zero attached hydrogens (tertiary/aromatic N) is 1. The van der Waals surface area contributed by atoms with Gasteiger partial charge in [-0.1, -0.05) is 12.1 Å². The van der Waals surface area contributed by atoms with Crippen LogP contribution in [0.5, 0.6) is 0 Å². The predicted molar refractivity (Wildman–Crippen MR) is 106 cm³/mol. The number of anilines is 1. The summed E-state index contributed by atoms with van der Waals surface area (Å²) in [5, 5.41) is 3.15. The monoisotopic (exact) mass is 435 g/mol. The van der Waals surface area contributed by atoms with E-state index >= 15 is 0 Å². The molecule has 0 bridgehead atoms. The molecule has 2 amide bonds. The minimum Gasteiger partial charge on any atom is -0.368 e. The first-order valence-electron chi connectivity index (χ1n) is 9.07. The van der Waals surface area contributed by atoms with Crippen molar-refractivity contribution in [3.8, 4) is 0 Å². The third-order valence-corrected chi connectivity index (χ3v) is 4.78. The van der Waals surface area contributed by atoms with Crippen molar-refractivity contribution in [3.63, 3.8) is 0 Å². The molecule has 10 heteroatoms. The molecular weight excluding hydrogens is 418 g/mol. The molecule has 162 valence electrons. The van der Waals surface area contributed by atoms with E-state index in [4.69, 9.17) is 5.73 Å². The zero-order valence-electron chi connectivity index (χ0n) is 16.2. The molecule has 0 radical (unpaired) electrons.